The number of methoxy groups -OCH3 is 1. The second-order valence-corrected chi connectivity index (χ2v) is 6.13. The molecule has 0 atom stereocenters. The minimum Gasteiger partial charge on any atom is -0.481 e. The molecule has 0 amide bonds. The lowest BCUT2D eigenvalue weighted by Crippen LogP contribution is -2.48. The smallest absolute Gasteiger partial charge is 0.274 e. The summed E-state index contributed by atoms with van der Waals surface area (Å²) >= 11 is 0. The fourth-order valence-electron chi connectivity index (χ4n) is 3.29. The van der Waals surface area contributed by atoms with Crippen LogP contribution in [-0.4, -0.2) is 48.2 Å². The van der Waals surface area contributed by atoms with Gasteiger partial charge >= 0.3 is 0 Å². The number of ether oxygens (including phenoxy) is 1. The van der Waals surface area contributed by atoms with Gasteiger partial charge in [-0.15, -0.1) is 0 Å². The average Bonchev–Trinajstić information content (AvgIpc) is 2.69. The van der Waals surface area contributed by atoms with Crippen molar-refractivity contribution in [3.8, 4) is 5.88 Å². The fraction of sp³-hybridized carbons (Fsp3) is 0.278. The molecule has 0 aromatic carbocycles. The van der Waals surface area contributed by atoms with E-state index >= 15 is 0 Å². The van der Waals surface area contributed by atoms with Gasteiger partial charge in [0.25, 0.3) is 5.56 Å². The third kappa shape index (κ3) is 2.79. The maximum atomic E-state index is 12.6. The number of aromatic amines is 1. The van der Waals surface area contributed by atoms with Crippen molar-refractivity contribution in [3.63, 3.8) is 0 Å². The van der Waals surface area contributed by atoms with Gasteiger partial charge in [0.1, 0.15) is 17.0 Å². The lowest BCUT2D eigenvalue weighted by molar-refractivity contribution is 0.399. The van der Waals surface area contributed by atoms with Crippen molar-refractivity contribution in [2.45, 2.75) is 0 Å². The summed E-state index contributed by atoms with van der Waals surface area (Å²) in [6.07, 6.45) is 1.78. The number of aromatic nitrogens is 3. The van der Waals surface area contributed by atoms with E-state index < -0.39 is 0 Å². The maximum absolute atomic E-state index is 12.6. The summed E-state index contributed by atoms with van der Waals surface area (Å²) in [5, 5.41) is 0. The number of piperazine rings is 1. The Balaban J connectivity index is 1.64. The Morgan fingerprint density at radius 2 is 1.88 bits per heavy atom. The molecule has 8 heteroatoms. The van der Waals surface area contributed by atoms with Crippen LogP contribution < -0.4 is 25.8 Å². The predicted molar refractivity (Wildman–Crippen MR) is 102 cm³/mol. The molecule has 0 aliphatic carbocycles. The number of nitrogens with zero attached hydrogens (tertiary/aromatic N) is 4. The van der Waals surface area contributed by atoms with Crippen molar-refractivity contribution in [1.82, 2.24) is 15.0 Å². The highest BCUT2D eigenvalue weighted by molar-refractivity contribution is 5.93. The molecule has 0 bridgehead atoms. The number of nitrogen functional groups attached to an aromatic ring is 1. The quantitative estimate of drug-likeness (QED) is 0.731. The van der Waals surface area contributed by atoms with Gasteiger partial charge in [-0.25, -0.2) is 9.97 Å². The molecule has 1 aliphatic rings. The SMILES string of the molecule is COc1ccc2[nH]c(=O)c(N3CCN(c4ccccn4)CC3)c(N)c2n1. The molecule has 4 rings (SSSR count). The minimum absolute atomic E-state index is 0.201. The zero-order valence-electron chi connectivity index (χ0n) is 14.5. The van der Waals surface area contributed by atoms with E-state index in [0.29, 0.717) is 41.4 Å². The summed E-state index contributed by atoms with van der Waals surface area (Å²) < 4.78 is 5.17. The van der Waals surface area contributed by atoms with Gasteiger partial charge < -0.3 is 25.3 Å². The lowest BCUT2D eigenvalue weighted by atomic mass is 10.2. The number of fused-ring (bicyclic) bond motifs is 1. The van der Waals surface area contributed by atoms with Crippen molar-refractivity contribution >= 4 is 28.2 Å². The number of anilines is 3. The van der Waals surface area contributed by atoms with Crippen LogP contribution in [0, 0.1) is 0 Å². The molecule has 0 saturated carbocycles. The molecular weight excluding hydrogens is 332 g/mol. The molecule has 4 heterocycles. The zero-order valence-corrected chi connectivity index (χ0v) is 14.5. The first-order valence-electron chi connectivity index (χ1n) is 8.45. The Kier molecular flexibility index (Phi) is 4.08. The summed E-state index contributed by atoms with van der Waals surface area (Å²) in [4.78, 5) is 28.4. The molecule has 134 valence electrons. The number of pyridine rings is 3. The molecule has 1 saturated heterocycles. The second kappa shape index (κ2) is 6.55. The van der Waals surface area contributed by atoms with Crippen molar-refractivity contribution in [1.29, 1.82) is 0 Å². The first-order valence-corrected chi connectivity index (χ1v) is 8.45. The van der Waals surface area contributed by atoms with Gasteiger partial charge in [0, 0.05) is 38.4 Å². The second-order valence-electron chi connectivity index (χ2n) is 6.13. The molecular formula is C18H20N6O2. The average molecular weight is 352 g/mol. The first-order chi connectivity index (χ1) is 12.7. The standard InChI is InChI=1S/C18H20N6O2/c1-26-14-6-5-12-16(22-14)15(19)17(18(25)21-12)24-10-8-23(9-11-24)13-4-2-3-7-20-13/h2-7H,8-11H2,1H3,(H3,19,21,25). The van der Waals surface area contributed by atoms with Gasteiger partial charge in [0.2, 0.25) is 5.88 Å². The van der Waals surface area contributed by atoms with Crippen LogP contribution in [0.3, 0.4) is 0 Å². The summed E-state index contributed by atoms with van der Waals surface area (Å²) in [6, 6.07) is 9.31. The van der Waals surface area contributed by atoms with Crippen LogP contribution in [0.1, 0.15) is 0 Å². The van der Waals surface area contributed by atoms with Crippen LogP contribution in [0.5, 0.6) is 5.88 Å². The van der Waals surface area contributed by atoms with Gasteiger partial charge in [-0.3, -0.25) is 4.79 Å². The van der Waals surface area contributed by atoms with Gasteiger partial charge in [0.15, 0.2) is 0 Å². The molecule has 1 fully saturated rings. The van der Waals surface area contributed by atoms with Crippen LogP contribution in [0.25, 0.3) is 11.0 Å². The number of rotatable bonds is 3. The van der Waals surface area contributed by atoms with Crippen LogP contribution in [0.2, 0.25) is 0 Å². The summed E-state index contributed by atoms with van der Waals surface area (Å²) in [5.41, 5.74) is 8.12. The van der Waals surface area contributed by atoms with Crippen molar-refractivity contribution < 1.29 is 4.74 Å². The highest BCUT2D eigenvalue weighted by Gasteiger charge is 2.23. The number of H-pyrrole nitrogens is 1. The maximum Gasteiger partial charge on any atom is 0.274 e. The minimum atomic E-state index is -0.201. The van der Waals surface area contributed by atoms with E-state index in [4.69, 9.17) is 10.5 Å². The molecule has 3 N–H and O–H groups in total. The van der Waals surface area contributed by atoms with Crippen LogP contribution in [-0.2, 0) is 0 Å². The van der Waals surface area contributed by atoms with Crippen LogP contribution >= 0.6 is 0 Å². The van der Waals surface area contributed by atoms with Crippen LogP contribution in [0.4, 0.5) is 17.2 Å². The van der Waals surface area contributed by atoms with E-state index in [1.165, 1.54) is 0 Å². The Hall–Kier alpha value is -3.29. The third-order valence-electron chi connectivity index (χ3n) is 4.62. The highest BCUT2D eigenvalue weighted by atomic mass is 16.5. The Bertz CT molecular complexity index is 980. The zero-order chi connectivity index (χ0) is 18.1. The van der Waals surface area contributed by atoms with Crippen molar-refractivity contribution in [2.24, 2.45) is 0 Å². The van der Waals surface area contributed by atoms with Gasteiger partial charge in [-0.2, -0.15) is 0 Å². The molecule has 8 nitrogen and oxygen atoms in total. The Labute approximate surface area is 150 Å². The van der Waals surface area contributed by atoms with E-state index in [-0.39, 0.29) is 5.56 Å². The molecule has 3 aromatic heterocycles. The molecule has 26 heavy (non-hydrogen) atoms. The van der Waals surface area contributed by atoms with E-state index in [1.54, 1.807) is 25.4 Å². The number of nitrogens with one attached hydrogen (secondary N) is 1. The third-order valence-corrected chi connectivity index (χ3v) is 4.62. The number of hydrogen-bond acceptors (Lipinski definition) is 7. The topological polar surface area (TPSA) is 100 Å². The van der Waals surface area contributed by atoms with E-state index in [2.05, 4.69) is 19.9 Å². The van der Waals surface area contributed by atoms with Gasteiger partial charge in [-0.05, 0) is 18.2 Å². The lowest BCUT2D eigenvalue weighted by Gasteiger charge is -2.36. The van der Waals surface area contributed by atoms with E-state index in [0.717, 1.165) is 18.9 Å². The fourth-order valence-corrected chi connectivity index (χ4v) is 3.29. The largest absolute Gasteiger partial charge is 0.481 e. The normalized spacial score (nSPS) is 14.7. The van der Waals surface area contributed by atoms with Gasteiger partial charge in [-0.1, -0.05) is 6.07 Å². The summed E-state index contributed by atoms with van der Waals surface area (Å²) in [7, 11) is 1.55. The molecule has 0 spiro atoms. The number of nitrogens with two attached hydrogens (primary N) is 1. The van der Waals surface area contributed by atoms with E-state index in [1.807, 2.05) is 23.1 Å². The number of hydrogen-bond donors (Lipinski definition) is 2. The summed E-state index contributed by atoms with van der Waals surface area (Å²) in [5.74, 6) is 1.40. The molecule has 0 unspecified atom stereocenters. The van der Waals surface area contributed by atoms with E-state index in [9.17, 15) is 4.79 Å². The molecule has 3 aromatic rings. The highest BCUT2D eigenvalue weighted by Crippen LogP contribution is 2.28. The van der Waals surface area contributed by atoms with Gasteiger partial charge in [0.05, 0.1) is 18.3 Å². The van der Waals surface area contributed by atoms with Crippen LogP contribution in [0.15, 0.2) is 41.3 Å². The van der Waals surface area contributed by atoms with Crippen molar-refractivity contribution in [2.75, 3.05) is 48.8 Å². The Morgan fingerprint density at radius 3 is 2.58 bits per heavy atom. The first kappa shape index (κ1) is 16.2. The predicted octanol–water partition coefficient (Wildman–Crippen LogP) is 1.24. The molecule has 1 aliphatic heterocycles. The molecule has 0 radical (unpaired) electrons. The summed E-state index contributed by atoms with van der Waals surface area (Å²) in [6.45, 7) is 2.89. The Morgan fingerprint density at radius 1 is 1.12 bits per heavy atom. The monoisotopic (exact) mass is 352 g/mol. The van der Waals surface area contributed by atoms with Crippen molar-refractivity contribution in [3.05, 3.63) is 46.9 Å².